The van der Waals surface area contributed by atoms with Gasteiger partial charge in [-0.1, -0.05) is 56.3 Å². The highest BCUT2D eigenvalue weighted by Crippen LogP contribution is 2.31. The molecule has 2 aromatic carbocycles. The normalized spacial score (nSPS) is 19.9. The number of anilines is 1. The molecule has 30 heavy (non-hydrogen) atoms. The Morgan fingerprint density at radius 3 is 2.40 bits per heavy atom. The van der Waals surface area contributed by atoms with E-state index in [-0.39, 0.29) is 30.8 Å². The smallest absolute Gasteiger partial charge is 0.249 e. The van der Waals surface area contributed by atoms with Crippen LogP contribution in [0, 0.1) is 5.92 Å². The Morgan fingerprint density at radius 1 is 1.13 bits per heavy atom. The maximum Gasteiger partial charge on any atom is 0.249 e. The Balaban J connectivity index is 1.76. The number of nitrogens with zero attached hydrogens (tertiary/aromatic N) is 1. The van der Waals surface area contributed by atoms with Gasteiger partial charge in [0.2, 0.25) is 15.9 Å². The number of hydrogen-bond donors (Lipinski definition) is 2. The first-order valence-electron chi connectivity index (χ1n) is 9.95. The van der Waals surface area contributed by atoms with Crippen LogP contribution in [0.4, 0.5) is 5.69 Å². The van der Waals surface area contributed by atoms with Crippen LogP contribution < -0.4 is 4.72 Å². The van der Waals surface area contributed by atoms with Crippen LogP contribution in [0.15, 0.2) is 54.6 Å². The molecule has 2 N–H and O–H groups in total. The molecule has 0 saturated carbocycles. The summed E-state index contributed by atoms with van der Waals surface area (Å²) in [6, 6.07) is 15.9. The van der Waals surface area contributed by atoms with Crippen LogP contribution in [0.2, 0.25) is 0 Å². The van der Waals surface area contributed by atoms with Crippen molar-refractivity contribution < 1.29 is 23.1 Å². The van der Waals surface area contributed by atoms with Crippen molar-refractivity contribution in [1.82, 2.24) is 4.90 Å². The number of sulfonamides is 1. The average Bonchev–Trinajstić information content (AvgIpc) is 2.69. The minimum Gasteiger partial charge on any atom is -0.394 e. The summed E-state index contributed by atoms with van der Waals surface area (Å²) in [4.78, 5) is 14.1. The Kier molecular flexibility index (Phi) is 7.12. The molecule has 8 heteroatoms. The van der Waals surface area contributed by atoms with Crippen LogP contribution >= 0.6 is 0 Å². The fourth-order valence-electron chi connectivity index (χ4n) is 3.60. The van der Waals surface area contributed by atoms with Gasteiger partial charge in [0.1, 0.15) is 12.7 Å². The Bertz CT molecular complexity index is 945. The van der Waals surface area contributed by atoms with E-state index in [1.807, 2.05) is 44.2 Å². The van der Waals surface area contributed by atoms with Gasteiger partial charge in [-0.3, -0.25) is 9.52 Å². The highest BCUT2D eigenvalue weighted by molar-refractivity contribution is 7.92. The van der Waals surface area contributed by atoms with E-state index in [1.54, 1.807) is 29.2 Å². The van der Waals surface area contributed by atoms with Crippen LogP contribution in [0.3, 0.4) is 0 Å². The predicted molar refractivity (Wildman–Crippen MR) is 115 cm³/mol. The number of carbonyl (C=O) groups is 1. The van der Waals surface area contributed by atoms with Crippen molar-refractivity contribution in [3.63, 3.8) is 0 Å². The molecule has 1 amide bonds. The zero-order valence-electron chi connectivity index (χ0n) is 17.2. The number of rotatable bonds is 8. The summed E-state index contributed by atoms with van der Waals surface area (Å²) >= 11 is 0. The molecule has 0 spiro atoms. The monoisotopic (exact) mass is 432 g/mol. The highest BCUT2D eigenvalue weighted by Gasteiger charge is 2.37. The number of carbonyl (C=O) groups excluding carboxylic acids is 1. The average molecular weight is 433 g/mol. The predicted octanol–water partition coefficient (Wildman–Crippen LogP) is 2.55. The number of nitrogens with one attached hydrogen (secondary N) is 1. The fourth-order valence-corrected chi connectivity index (χ4v) is 5.06. The van der Waals surface area contributed by atoms with Gasteiger partial charge in [0, 0.05) is 12.2 Å². The van der Waals surface area contributed by atoms with Gasteiger partial charge in [-0.25, -0.2) is 8.42 Å². The van der Waals surface area contributed by atoms with Gasteiger partial charge < -0.3 is 14.7 Å². The van der Waals surface area contributed by atoms with Gasteiger partial charge in [-0.2, -0.15) is 0 Å². The number of morpholine rings is 1. The minimum atomic E-state index is -3.41. The highest BCUT2D eigenvalue weighted by atomic mass is 32.2. The second-order valence-electron chi connectivity index (χ2n) is 7.89. The molecule has 162 valence electrons. The zero-order chi connectivity index (χ0) is 21.7. The third-order valence-electron chi connectivity index (χ3n) is 4.90. The standard InChI is InChI=1S/C22H28N2O5S/c1-16(2)15-30(27,28)23-19-10-8-18(9-11-19)22-20(13-25)24(21(26)14-29-22)12-17-6-4-3-5-7-17/h3-11,16,20,22-23,25H,12-15H2,1-2H3. The molecular weight excluding hydrogens is 404 g/mol. The van der Waals surface area contributed by atoms with E-state index < -0.39 is 22.2 Å². The summed E-state index contributed by atoms with van der Waals surface area (Å²) in [7, 11) is -3.41. The third kappa shape index (κ3) is 5.59. The minimum absolute atomic E-state index is 0.0239. The van der Waals surface area contributed by atoms with E-state index in [0.717, 1.165) is 11.1 Å². The van der Waals surface area contributed by atoms with Crippen LogP contribution in [0.5, 0.6) is 0 Å². The Hall–Kier alpha value is -2.42. The van der Waals surface area contributed by atoms with Gasteiger partial charge in [0.25, 0.3) is 0 Å². The first kappa shape index (κ1) is 22.3. The van der Waals surface area contributed by atoms with Crippen molar-refractivity contribution in [1.29, 1.82) is 0 Å². The molecule has 1 fully saturated rings. The largest absolute Gasteiger partial charge is 0.394 e. The number of hydrogen-bond acceptors (Lipinski definition) is 5. The molecule has 7 nitrogen and oxygen atoms in total. The molecular formula is C22H28N2O5S. The van der Waals surface area contributed by atoms with E-state index in [1.165, 1.54) is 0 Å². The lowest BCUT2D eigenvalue weighted by atomic mass is 9.98. The number of ether oxygens (including phenoxy) is 1. The van der Waals surface area contributed by atoms with Gasteiger partial charge >= 0.3 is 0 Å². The summed E-state index contributed by atoms with van der Waals surface area (Å²) < 4.78 is 32.6. The van der Waals surface area contributed by atoms with Crippen LogP contribution in [0.25, 0.3) is 0 Å². The third-order valence-corrected chi connectivity index (χ3v) is 6.56. The van der Waals surface area contributed by atoms with Crippen LogP contribution in [0.1, 0.15) is 31.1 Å². The first-order chi connectivity index (χ1) is 14.3. The summed E-state index contributed by atoms with van der Waals surface area (Å²) in [5.74, 6) is -0.105. The molecule has 2 atom stereocenters. The van der Waals surface area contributed by atoms with E-state index in [0.29, 0.717) is 12.2 Å². The first-order valence-corrected chi connectivity index (χ1v) is 11.6. The number of aliphatic hydroxyl groups excluding tert-OH is 1. The van der Waals surface area contributed by atoms with Crippen molar-refractivity contribution in [3.8, 4) is 0 Å². The quantitative estimate of drug-likeness (QED) is 0.668. The molecule has 3 rings (SSSR count). The van der Waals surface area contributed by atoms with Crippen molar-refractivity contribution in [2.24, 2.45) is 5.92 Å². The number of benzene rings is 2. The van der Waals surface area contributed by atoms with E-state index in [2.05, 4.69) is 4.72 Å². The summed E-state index contributed by atoms with van der Waals surface area (Å²) in [6.07, 6.45) is -0.502. The number of aliphatic hydroxyl groups is 1. The van der Waals surface area contributed by atoms with Crippen molar-refractivity contribution >= 4 is 21.6 Å². The molecule has 1 saturated heterocycles. The van der Waals surface area contributed by atoms with Crippen LogP contribution in [-0.2, 0) is 26.1 Å². The SMILES string of the molecule is CC(C)CS(=O)(=O)Nc1ccc(C2OCC(=O)N(Cc3ccccc3)C2CO)cc1. The molecule has 2 unspecified atom stereocenters. The van der Waals surface area contributed by atoms with Gasteiger partial charge in [0.05, 0.1) is 18.4 Å². The van der Waals surface area contributed by atoms with E-state index in [9.17, 15) is 18.3 Å². The van der Waals surface area contributed by atoms with Crippen molar-refractivity contribution in [2.45, 2.75) is 32.5 Å². The van der Waals surface area contributed by atoms with Gasteiger partial charge in [-0.15, -0.1) is 0 Å². The molecule has 0 aliphatic carbocycles. The molecule has 1 aliphatic rings. The maximum absolute atomic E-state index is 12.5. The molecule has 0 aromatic heterocycles. The maximum atomic E-state index is 12.5. The van der Waals surface area contributed by atoms with E-state index >= 15 is 0 Å². The second kappa shape index (κ2) is 9.59. The Labute approximate surface area is 177 Å². The molecule has 2 aromatic rings. The van der Waals surface area contributed by atoms with Crippen LogP contribution in [-0.4, -0.2) is 49.3 Å². The Morgan fingerprint density at radius 2 is 1.80 bits per heavy atom. The van der Waals surface area contributed by atoms with E-state index in [4.69, 9.17) is 4.74 Å². The second-order valence-corrected chi connectivity index (χ2v) is 9.66. The zero-order valence-corrected chi connectivity index (χ0v) is 18.0. The lowest BCUT2D eigenvalue weighted by molar-refractivity contribution is -0.162. The summed E-state index contributed by atoms with van der Waals surface area (Å²) in [5.41, 5.74) is 2.21. The molecule has 1 aliphatic heterocycles. The topological polar surface area (TPSA) is 95.9 Å². The van der Waals surface area contributed by atoms with Crippen molar-refractivity contribution in [3.05, 3.63) is 65.7 Å². The lowest BCUT2D eigenvalue weighted by Gasteiger charge is -2.40. The molecule has 1 heterocycles. The van der Waals surface area contributed by atoms with Gasteiger partial charge in [-0.05, 0) is 29.2 Å². The number of amides is 1. The lowest BCUT2D eigenvalue weighted by Crippen LogP contribution is -2.52. The fraction of sp³-hybridized carbons (Fsp3) is 0.409. The molecule has 0 bridgehead atoms. The summed E-state index contributed by atoms with van der Waals surface area (Å²) in [5, 5.41) is 10.0. The summed E-state index contributed by atoms with van der Waals surface area (Å²) in [6.45, 7) is 3.77. The molecule has 0 radical (unpaired) electrons. The van der Waals surface area contributed by atoms with Crippen molar-refractivity contribution in [2.75, 3.05) is 23.7 Å². The van der Waals surface area contributed by atoms with Gasteiger partial charge in [0.15, 0.2) is 0 Å².